The smallest absolute Gasteiger partial charge is 0.305 e. The van der Waals surface area contributed by atoms with Gasteiger partial charge in [-0.25, -0.2) is 0 Å². The van der Waals surface area contributed by atoms with Crippen LogP contribution in [-0.4, -0.2) is 18.2 Å². The van der Waals surface area contributed by atoms with Crippen LogP contribution in [0.25, 0.3) is 0 Å². The van der Waals surface area contributed by atoms with Crippen LogP contribution in [0.3, 0.4) is 0 Å². The molecule has 0 heterocycles. The quantitative estimate of drug-likeness (QED) is 0.856. The largest absolute Gasteiger partial charge is 0.506 e. The Labute approximate surface area is 113 Å². The van der Waals surface area contributed by atoms with Gasteiger partial charge in [0, 0.05) is 12.0 Å². The molecule has 0 atom stereocenters. The van der Waals surface area contributed by atoms with Crippen molar-refractivity contribution in [2.75, 3.05) is 7.11 Å². The molecule has 4 heteroatoms. The fourth-order valence-electron chi connectivity index (χ4n) is 1.72. The molecular weight excluding hydrogens is 252 g/mol. The fourth-order valence-corrected chi connectivity index (χ4v) is 1.96. The molecule has 0 saturated carbocycles. The van der Waals surface area contributed by atoms with Gasteiger partial charge in [0.2, 0.25) is 0 Å². The number of methoxy groups -OCH3 is 1. The predicted molar refractivity (Wildman–Crippen MR) is 72.2 cm³/mol. The van der Waals surface area contributed by atoms with Crippen LogP contribution in [0.2, 0.25) is 5.02 Å². The number of rotatable bonds is 3. The number of phenols is 1. The van der Waals surface area contributed by atoms with Crippen molar-refractivity contribution < 1.29 is 14.6 Å². The Bertz CT molecular complexity index is 447. The third-order valence-electron chi connectivity index (χ3n) is 2.78. The molecule has 0 aliphatic rings. The van der Waals surface area contributed by atoms with Gasteiger partial charge in [0.15, 0.2) is 0 Å². The van der Waals surface area contributed by atoms with Gasteiger partial charge in [-0.1, -0.05) is 38.4 Å². The zero-order valence-electron chi connectivity index (χ0n) is 11.2. The van der Waals surface area contributed by atoms with Gasteiger partial charge in [0.1, 0.15) is 5.75 Å². The van der Waals surface area contributed by atoms with Crippen LogP contribution in [0.5, 0.6) is 5.75 Å². The van der Waals surface area contributed by atoms with Gasteiger partial charge in [-0.15, -0.1) is 0 Å². The summed E-state index contributed by atoms with van der Waals surface area (Å²) in [5, 5.41) is 10.3. The summed E-state index contributed by atoms with van der Waals surface area (Å²) in [5.41, 5.74) is 1.51. The summed E-state index contributed by atoms with van der Waals surface area (Å²) in [5.74, 6) is -0.137. The second kappa shape index (κ2) is 5.61. The average Bonchev–Trinajstić information content (AvgIpc) is 2.28. The number of hydrogen-bond donors (Lipinski definition) is 1. The molecule has 18 heavy (non-hydrogen) atoms. The number of esters is 1. The molecule has 100 valence electrons. The van der Waals surface area contributed by atoms with E-state index in [2.05, 4.69) is 4.74 Å². The van der Waals surface area contributed by atoms with Gasteiger partial charge in [0.05, 0.1) is 12.1 Å². The van der Waals surface area contributed by atoms with E-state index in [1.165, 1.54) is 7.11 Å². The van der Waals surface area contributed by atoms with Gasteiger partial charge in [-0.05, 0) is 23.5 Å². The van der Waals surface area contributed by atoms with Crippen LogP contribution < -0.4 is 0 Å². The Balaban J connectivity index is 3.02. The first-order valence-corrected chi connectivity index (χ1v) is 6.22. The summed E-state index contributed by atoms with van der Waals surface area (Å²) < 4.78 is 4.60. The third-order valence-corrected chi connectivity index (χ3v) is 3.06. The third kappa shape index (κ3) is 3.64. The maximum atomic E-state index is 11.1. The zero-order chi connectivity index (χ0) is 13.9. The molecule has 0 spiro atoms. The standard InChI is InChI=1S/C14H19ClO3/c1-14(2,3)10-7-9(5-6-12(16)18-4)8-11(15)13(10)17/h7-8,17H,5-6H2,1-4H3. The maximum Gasteiger partial charge on any atom is 0.305 e. The number of halogens is 1. The molecule has 1 N–H and O–H groups in total. The number of phenolic OH excluding ortho intramolecular Hbond substituents is 1. The van der Waals surface area contributed by atoms with E-state index in [0.29, 0.717) is 17.9 Å². The maximum absolute atomic E-state index is 11.1. The average molecular weight is 271 g/mol. The van der Waals surface area contributed by atoms with Crippen LogP contribution in [0, 0.1) is 0 Å². The highest BCUT2D eigenvalue weighted by Gasteiger charge is 2.21. The van der Waals surface area contributed by atoms with Crippen molar-refractivity contribution in [1.29, 1.82) is 0 Å². The summed E-state index contributed by atoms with van der Waals surface area (Å²) in [6.07, 6.45) is 0.858. The first-order valence-electron chi connectivity index (χ1n) is 5.84. The topological polar surface area (TPSA) is 46.5 Å². The molecule has 0 amide bonds. The second-order valence-electron chi connectivity index (χ2n) is 5.30. The Morgan fingerprint density at radius 3 is 2.50 bits per heavy atom. The highest BCUT2D eigenvalue weighted by Crippen LogP contribution is 2.37. The van der Waals surface area contributed by atoms with E-state index in [9.17, 15) is 9.90 Å². The predicted octanol–water partition coefficient (Wildman–Crippen LogP) is 3.45. The minimum Gasteiger partial charge on any atom is -0.506 e. The highest BCUT2D eigenvalue weighted by molar-refractivity contribution is 6.32. The lowest BCUT2D eigenvalue weighted by atomic mass is 9.85. The molecule has 0 saturated heterocycles. The summed E-state index contributed by atoms with van der Waals surface area (Å²) >= 11 is 6.01. The van der Waals surface area contributed by atoms with E-state index in [-0.39, 0.29) is 17.1 Å². The summed E-state index contributed by atoms with van der Waals surface area (Å²) in [4.78, 5) is 11.1. The molecule has 1 aromatic carbocycles. The van der Waals surface area contributed by atoms with Gasteiger partial charge in [-0.2, -0.15) is 0 Å². The van der Waals surface area contributed by atoms with E-state index >= 15 is 0 Å². The van der Waals surface area contributed by atoms with Crippen molar-refractivity contribution in [1.82, 2.24) is 0 Å². The first kappa shape index (κ1) is 14.8. The van der Waals surface area contributed by atoms with Gasteiger partial charge < -0.3 is 9.84 Å². The normalized spacial score (nSPS) is 11.4. The molecule has 0 radical (unpaired) electrons. The Kier molecular flexibility index (Phi) is 4.63. The van der Waals surface area contributed by atoms with Gasteiger partial charge in [-0.3, -0.25) is 4.79 Å². The Morgan fingerprint density at radius 2 is 2.00 bits per heavy atom. The molecule has 0 unspecified atom stereocenters. The molecule has 0 aliphatic carbocycles. The highest BCUT2D eigenvalue weighted by atomic mass is 35.5. The lowest BCUT2D eigenvalue weighted by molar-refractivity contribution is -0.140. The molecule has 3 nitrogen and oxygen atoms in total. The number of hydrogen-bond acceptors (Lipinski definition) is 3. The molecule has 0 aromatic heterocycles. The van der Waals surface area contributed by atoms with Crippen molar-refractivity contribution in [2.45, 2.75) is 39.0 Å². The fraction of sp³-hybridized carbons (Fsp3) is 0.500. The molecule has 1 rings (SSSR count). The summed E-state index contributed by atoms with van der Waals surface area (Å²) in [6.45, 7) is 6.01. The lowest BCUT2D eigenvalue weighted by Crippen LogP contribution is -2.12. The number of aromatic hydroxyl groups is 1. The summed E-state index contributed by atoms with van der Waals surface area (Å²) in [7, 11) is 1.37. The van der Waals surface area contributed by atoms with E-state index in [0.717, 1.165) is 11.1 Å². The van der Waals surface area contributed by atoms with Crippen molar-refractivity contribution in [3.05, 3.63) is 28.3 Å². The van der Waals surface area contributed by atoms with E-state index in [1.807, 2.05) is 26.8 Å². The number of benzene rings is 1. The number of ether oxygens (including phenoxy) is 1. The first-order chi connectivity index (χ1) is 8.25. The van der Waals surface area contributed by atoms with Crippen LogP contribution in [0.4, 0.5) is 0 Å². The number of aryl methyl sites for hydroxylation is 1. The number of carbonyl (C=O) groups is 1. The Morgan fingerprint density at radius 1 is 1.39 bits per heavy atom. The zero-order valence-corrected chi connectivity index (χ0v) is 12.0. The van der Waals surface area contributed by atoms with E-state index in [4.69, 9.17) is 11.6 Å². The van der Waals surface area contributed by atoms with Gasteiger partial charge in [0.25, 0.3) is 0 Å². The van der Waals surface area contributed by atoms with Crippen molar-refractivity contribution in [3.63, 3.8) is 0 Å². The SMILES string of the molecule is COC(=O)CCc1cc(Cl)c(O)c(C(C)(C)C)c1. The van der Waals surface area contributed by atoms with Gasteiger partial charge >= 0.3 is 5.97 Å². The molecule has 0 aliphatic heterocycles. The minimum atomic E-state index is -0.253. The van der Waals surface area contributed by atoms with E-state index < -0.39 is 0 Å². The van der Waals surface area contributed by atoms with E-state index in [1.54, 1.807) is 6.07 Å². The second-order valence-corrected chi connectivity index (χ2v) is 5.71. The number of carbonyl (C=O) groups excluding carboxylic acids is 1. The van der Waals surface area contributed by atoms with Crippen LogP contribution >= 0.6 is 11.6 Å². The van der Waals surface area contributed by atoms with Crippen molar-refractivity contribution in [3.8, 4) is 5.75 Å². The lowest BCUT2D eigenvalue weighted by Gasteiger charge is -2.22. The van der Waals surface area contributed by atoms with Crippen LogP contribution in [0.15, 0.2) is 12.1 Å². The van der Waals surface area contributed by atoms with Crippen LogP contribution in [-0.2, 0) is 21.4 Å². The Hall–Kier alpha value is -1.22. The summed E-state index contributed by atoms with van der Waals surface area (Å²) in [6, 6.07) is 3.58. The minimum absolute atomic E-state index is 0.117. The van der Waals surface area contributed by atoms with Crippen molar-refractivity contribution >= 4 is 17.6 Å². The molecule has 0 fully saturated rings. The molecule has 0 bridgehead atoms. The van der Waals surface area contributed by atoms with Crippen molar-refractivity contribution in [2.24, 2.45) is 0 Å². The molecular formula is C14H19ClO3. The monoisotopic (exact) mass is 270 g/mol. The van der Waals surface area contributed by atoms with Crippen LogP contribution in [0.1, 0.15) is 38.3 Å². The molecule has 1 aromatic rings.